The van der Waals surface area contributed by atoms with Crippen LogP contribution in [0.1, 0.15) is 6.92 Å². The number of nitrogens with zero attached hydrogens (tertiary/aromatic N) is 1. The third-order valence-electron chi connectivity index (χ3n) is 2.92. The molecule has 0 amide bonds. The molecular formula is C11H15ClF2N2O2S. The van der Waals surface area contributed by atoms with Gasteiger partial charge in [0.2, 0.25) is 10.0 Å². The molecular weight excluding hydrogens is 298 g/mol. The number of sulfonamides is 1. The zero-order valence-electron chi connectivity index (χ0n) is 10.3. The molecule has 1 unspecified atom stereocenters. The topological polar surface area (TPSA) is 49.4 Å². The second-order valence-corrected chi connectivity index (χ2v) is 6.10. The van der Waals surface area contributed by atoms with Crippen LogP contribution >= 0.6 is 12.4 Å². The lowest BCUT2D eigenvalue weighted by Crippen LogP contribution is -2.52. The molecule has 1 aliphatic heterocycles. The lowest BCUT2D eigenvalue weighted by atomic mass is 10.3. The van der Waals surface area contributed by atoms with Gasteiger partial charge in [-0.05, 0) is 25.1 Å². The SMILES string of the molecule is CC1CNCCN1S(=O)(=O)c1cc(F)ccc1F.Cl. The van der Waals surface area contributed by atoms with Gasteiger partial charge in [-0.3, -0.25) is 0 Å². The Balaban J connectivity index is 0.00000180. The molecule has 2 rings (SSSR count). The summed E-state index contributed by atoms with van der Waals surface area (Å²) < 4.78 is 52.4. The van der Waals surface area contributed by atoms with Crippen LogP contribution in [0.15, 0.2) is 23.1 Å². The molecule has 1 aromatic carbocycles. The number of halogens is 3. The molecule has 108 valence electrons. The quantitative estimate of drug-likeness (QED) is 0.897. The van der Waals surface area contributed by atoms with Gasteiger partial charge in [0.05, 0.1) is 0 Å². The van der Waals surface area contributed by atoms with Crippen molar-refractivity contribution in [1.29, 1.82) is 0 Å². The summed E-state index contributed by atoms with van der Waals surface area (Å²) in [7, 11) is -3.99. The molecule has 19 heavy (non-hydrogen) atoms. The molecule has 8 heteroatoms. The number of rotatable bonds is 2. The first-order valence-electron chi connectivity index (χ1n) is 5.60. The minimum absolute atomic E-state index is 0. The normalized spacial score (nSPS) is 20.9. The Bertz CT molecular complexity index is 554. The van der Waals surface area contributed by atoms with Crippen molar-refractivity contribution in [1.82, 2.24) is 9.62 Å². The summed E-state index contributed by atoms with van der Waals surface area (Å²) in [6, 6.07) is 2.16. The van der Waals surface area contributed by atoms with Crippen LogP contribution in [0.5, 0.6) is 0 Å². The molecule has 0 saturated carbocycles. The van der Waals surface area contributed by atoms with E-state index in [1.807, 2.05) is 0 Å². The Hall–Kier alpha value is -0.760. The second-order valence-electron chi connectivity index (χ2n) is 4.24. The van der Waals surface area contributed by atoms with Crippen LogP contribution in [0.2, 0.25) is 0 Å². The molecule has 4 nitrogen and oxygen atoms in total. The van der Waals surface area contributed by atoms with E-state index in [2.05, 4.69) is 5.32 Å². The molecule has 1 aliphatic rings. The highest BCUT2D eigenvalue weighted by atomic mass is 35.5. The van der Waals surface area contributed by atoms with Crippen molar-refractivity contribution in [2.24, 2.45) is 0 Å². The number of hydrogen-bond acceptors (Lipinski definition) is 3. The summed E-state index contributed by atoms with van der Waals surface area (Å²) in [6.07, 6.45) is 0. The Morgan fingerprint density at radius 3 is 2.68 bits per heavy atom. The fraction of sp³-hybridized carbons (Fsp3) is 0.455. The van der Waals surface area contributed by atoms with Gasteiger partial charge in [-0.1, -0.05) is 0 Å². The number of benzene rings is 1. The van der Waals surface area contributed by atoms with Crippen molar-refractivity contribution in [2.75, 3.05) is 19.6 Å². The van der Waals surface area contributed by atoms with Crippen molar-refractivity contribution in [3.8, 4) is 0 Å². The molecule has 1 aromatic rings. The predicted molar refractivity (Wildman–Crippen MR) is 69.8 cm³/mol. The standard InChI is InChI=1S/C11H14F2N2O2S.ClH/c1-8-7-14-4-5-15(8)18(16,17)11-6-9(12)2-3-10(11)13;/h2-3,6,8,14H,4-5,7H2,1H3;1H. The van der Waals surface area contributed by atoms with E-state index >= 15 is 0 Å². The average molecular weight is 313 g/mol. The maximum Gasteiger partial charge on any atom is 0.246 e. The van der Waals surface area contributed by atoms with Gasteiger partial charge in [-0.15, -0.1) is 12.4 Å². The Labute approximate surface area is 117 Å². The van der Waals surface area contributed by atoms with Gasteiger partial charge in [-0.25, -0.2) is 17.2 Å². The lowest BCUT2D eigenvalue weighted by molar-refractivity contribution is 0.282. The van der Waals surface area contributed by atoms with Gasteiger partial charge in [0.15, 0.2) is 0 Å². The van der Waals surface area contributed by atoms with Crippen LogP contribution in [0.25, 0.3) is 0 Å². The molecule has 1 saturated heterocycles. The highest BCUT2D eigenvalue weighted by molar-refractivity contribution is 7.89. The van der Waals surface area contributed by atoms with Crippen LogP contribution < -0.4 is 5.32 Å². The van der Waals surface area contributed by atoms with Gasteiger partial charge >= 0.3 is 0 Å². The molecule has 0 radical (unpaired) electrons. The summed E-state index contributed by atoms with van der Waals surface area (Å²) in [5.74, 6) is -1.69. The van der Waals surface area contributed by atoms with E-state index in [0.717, 1.165) is 18.2 Å². The third kappa shape index (κ3) is 3.22. The summed E-state index contributed by atoms with van der Waals surface area (Å²) >= 11 is 0. The van der Waals surface area contributed by atoms with E-state index < -0.39 is 26.6 Å². The Morgan fingerprint density at radius 2 is 2.05 bits per heavy atom. The van der Waals surface area contributed by atoms with Crippen LogP contribution in [0.3, 0.4) is 0 Å². The highest BCUT2D eigenvalue weighted by Gasteiger charge is 2.33. The maximum absolute atomic E-state index is 13.6. The van der Waals surface area contributed by atoms with E-state index in [1.54, 1.807) is 6.92 Å². The summed E-state index contributed by atoms with van der Waals surface area (Å²) in [5.41, 5.74) is 0. The van der Waals surface area contributed by atoms with E-state index in [4.69, 9.17) is 0 Å². The van der Waals surface area contributed by atoms with Crippen LogP contribution in [-0.2, 0) is 10.0 Å². The molecule has 1 N–H and O–H groups in total. The zero-order chi connectivity index (χ0) is 13.3. The largest absolute Gasteiger partial charge is 0.314 e. The fourth-order valence-electron chi connectivity index (χ4n) is 1.98. The first kappa shape index (κ1) is 16.3. The van der Waals surface area contributed by atoms with E-state index in [9.17, 15) is 17.2 Å². The number of hydrogen-bond donors (Lipinski definition) is 1. The van der Waals surface area contributed by atoms with Gasteiger partial charge < -0.3 is 5.32 Å². The van der Waals surface area contributed by atoms with Crippen LogP contribution in [0, 0.1) is 11.6 Å². The van der Waals surface area contributed by atoms with Gasteiger partial charge in [0.25, 0.3) is 0 Å². The highest BCUT2D eigenvalue weighted by Crippen LogP contribution is 2.22. The first-order chi connectivity index (χ1) is 8.43. The minimum atomic E-state index is -3.99. The number of nitrogens with one attached hydrogen (secondary N) is 1. The van der Waals surface area contributed by atoms with Crippen LogP contribution in [0.4, 0.5) is 8.78 Å². The van der Waals surface area contributed by atoms with Gasteiger partial charge in [0.1, 0.15) is 16.5 Å². The second kappa shape index (κ2) is 6.13. The minimum Gasteiger partial charge on any atom is -0.314 e. The molecule has 0 bridgehead atoms. The molecule has 0 aromatic heterocycles. The van der Waals surface area contributed by atoms with E-state index in [-0.39, 0.29) is 25.0 Å². The molecule has 0 spiro atoms. The maximum atomic E-state index is 13.6. The van der Waals surface area contributed by atoms with Crippen molar-refractivity contribution in [3.05, 3.63) is 29.8 Å². The lowest BCUT2D eigenvalue weighted by Gasteiger charge is -2.32. The van der Waals surface area contributed by atoms with E-state index in [0.29, 0.717) is 13.1 Å². The summed E-state index contributed by atoms with van der Waals surface area (Å²) in [6.45, 7) is 2.97. The molecule has 1 heterocycles. The van der Waals surface area contributed by atoms with Crippen LogP contribution in [-0.4, -0.2) is 38.4 Å². The van der Waals surface area contributed by atoms with Gasteiger partial charge in [0, 0.05) is 25.7 Å². The first-order valence-corrected chi connectivity index (χ1v) is 7.04. The third-order valence-corrected chi connectivity index (χ3v) is 4.95. The smallest absolute Gasteiger partial charge is 0.246 e. The van der Waals surface area contributed by atoms with Crippen molar-refractivity contribution in [3.63, 3.8) is 0 Å². The Kier molecular flexibility index (Phi) is 5.26. The van der Waals surface area contributed by atoms with E-state index in [1.165, 1.54) is 4.31 Å². The van der Waals surface area contributed by atoms with Gasteiger partial charge in [-0.2, -0.15) is 4.31 Å². The fourth-order valence-corrected chi connectivity index (χ4v) is 3.69. The zero-order valence-corrected chi connectivity index (χ0v) is 11.9. The monoisotopic (exact) mass is 312 g/mol. The summed E-state index contributed by atoms with van der Waals surface area (Å²) in [5, 5.41) is 3.04. The molecule has 1 fully saturated rings. The molecule has 1 atom stereocenters. The van der Waals surface area contributed by atoms with Crippen molar-refractivity contribution < 1.29 is 17.2 Å². The van der Waals surface area contributed by atoms with Crippen molar-refractivity contribution >= 4 is 22.4 Å². The van der Waals surface area contributed by atoms with Crippen molar-refractivity contribution in [2.45, 2.75) is 17.9 Å². The number of piperazine rings is 1. The summed E-state index contributed by atoms with van der Waals surface area (Å²) in [4.78, 5) is -0.601. The predicted octanol–water partition coefficient (Wildman–Crippen LogP) is 1.37. The average Bonchev–Trinajstić information content (AvgIpc) is 2.32. The molecule has 0 aliphatic carbocycles. The Morgan fingerprint density at radius 1 is 1.37 bits per heavy atom.